The maximum Gasteiger partial charge on any atom is 0.143 e. The Bertz CT molecular complexity index is 584. The second-order valence-electron chi connectivity index (χ2n) is 4.93. The van der Waals surface area contributed by atoms with Crippen LogP contribution in [0.4, 0.5) is 11.5 Å². The first-order chi connectivity index (χ1) is 9.61. The number of rotatable bonds is 5. The average Bonchev–Trinajstić information content (AvgIpc) is 2.42. The van der Waals surface area contributed by atoms with Crippen molar-refractivity contribution < 1.29 is 0 Å². The third kappa shape index (κ3) is 3.51. The Hall–Kier alpha value is -1.55. The molecule has 1 aromatic heterocycles. The lowest BCUT2D eigenvalue weighted by Gasteiger charge is -2.25. The van der Waals surface area contributed by atoms with Crippen LogP contribution in [0, 0.1) is 6.92 Å². The van der Waals surface area contributed by atoms with Crippen molar-refractivity contribution in [2.75, 3.05) is 17.2 Å². The van der Waals surface area contributed by atoms with Crippen molar-refractivity contribution in [2.24, 2.45) is 0 Å². The normalized spacial score (nSPS) is 10.6. The number of hydrogen-bond donors (Lipinski definition) is 1. The molecule has 0 bridgehead atoms. The summed E-state index contributed by atoms with van der Waals surface area (Å²) in [5.74, 6) is 0.995. The standard InChI is InChI=1S/C16H20BrN3/c1-3-9-20(11-13-5-4-6-14(18)10-13)16-15(17)12(2)7-8-19-16/h4-8,10H,3,9,11,18H2,1-2H3. The van der Waals surface area contributed by atoms with Gasteiger partial charge in [0, 0.05) is 25.0 Å². The van der Waals surface area contributed by atoms with Gasteiger partial charge >= 0.3 is 0 Å². The fraction of sp³-hybridized carbons (Fsp3) is 0.312. The quantitative estimate of drug-likeness (QED) is 0.835. The van der Waals surface area contributed by atoms with Crippen LogP contribution in [0.15, 0.2) is 41.0 Å². The van der Waals surface area contributed by atoms with E-state index in [0.717, 1.165) is 35.5 Å². The number of anilines is 2. The minimum absolute atomic E-state index is 0.801. The molecule has 2 rings (SSSR count). The van der Waals surface area contributed by atoms with E-state index in [4.69, 9.17) is 5.73 Å². The van der Waals surface area contributed by atoms with E-state index in [1.807, 2.05) is 30.5 Å². The lowest BCUT2D eigenvalue weighted by Crippen LogP contribution is -2.25. The van der Waals surface area contributed by atoms with Crippen molar-refractivity contribution in [3.05, 3.63) is 52.1 Å². The molecule has 0 spiro atoms. The summed E-state index contributed by atoms with van der Waals surface area (Å²) in [6.45, 7) is 6.04. The average molecular weight is 334 g/mol. The van der Waals surface area contributed by atoms with E-state index in [0.29, 0.717) is 0 Å². The van der Waals surface area contributed by atoms with Gasteiger partial charge in [-0.25, -0.2) is 4.98 Å². The van der Waals surface area contributed by atoms with Crippen molar-refractivity contribution in [3.8, 4) is 0 Å². The van der Waals surface area contributed by atoms with Crippen molar-refractivity contribution in [2.45, 2.75) is 26.8 Å². The third-order valence-corrected chi connectivity index (χ3v) is 4.16. The summed E-state index contributed by atoms with van der Waals surface area (Å²) in [6, 6.07) is 10.0. The molecule has 0 aliphatic carbocycles. The Morgan fingerprint density at radius 3 is 2.80 bits per heavy atom. The van der Waals surface area contributed by atoms with E-state index in [9.17, 15) is 0 Å². The molecule has 0 unspecified atom stereocenters. The van der Waals surface area contributed by atoms with Crippen LogP contribution in [0.2, 0.25) is 0 Å². The van der Waals surface area contributed by atoms with E-state index in [2.05, 4.69) is 45.7 Å². The number of nitrogen functional groups attached to an aromatic ring is 1. The van der Waals surface area contributed by atoms with Crippen LogP contribution in [0.25, 0.3) is 0 Å². The van der Waals surface area contributed by atoms with Gasteiger partial charge in [-0.05, 0) is 58.6 Å². The summed E-state index contributed by atoms with van der Waals surface area (Å²) in [6.07, 6.45) is 2.93. The van der Waals surface area contributed by atoms with Crippen LogP contribution in [0.3, 0.4) is 0 Å². The highest BCUT2D eigenvalue weighted by Crippen LogP contribution is 2.28. The van der Waals surface area contributed by atoms with Crippen LogP contribution in [-0.4, -0.2) is 11.5 Å². The maximum absolute atomic E-state index is 5.86. The predicted octanol–water partition coefficient (Wildman–Crippen LogP) is 4.15. The first kappa shape index (κ1) is 14.9. The molecule has 2 aromatic rings. The highest BCUT2D eigenvalue weighted by molar-refractivity contribution is 9.10. The zero-order chi connectivity index (χ0) is 14.5. The molecule has 1 aromatic carbocycles. The SMILES string of the molecule is CCCN(Cc1cccc(N)c1)c1nccc(C)c1Br. The second kappa shape index (κ2) is 6.75. The van der Waals surface area contributed by atoms with Crippen molar-refractivity contribution in [1.29, 1.82) is 0 Å². The number of pyridine rings is 1. The molecule has 106 valence electrons. The van der Waals surface area contributed by atoms with Crippen LogP contribution in [-0.2, 0) is 6.54 Å². The molecule has 3 nitrogen and oxygen atoms in total. The predicted molar refractivity (Wildman–Crippen MR) is 88.9 cm³/mol. The zero-order valence-corrected chi connectivity index (χ0v) is 13.5. The molecule has 2 N–H and O–H groups in total. The molecule has 0 fully saturated rings. The summed E-state index contributed by atoms with van der Waals surface area (Å²) >= 11 is 3.65. The number of aromatic nitrogens is 1. The fourth-order valence-electron chi connectivity index (χ4n) is 2.19. The van der Waals surface area contributed by atoms with E-state index < -0.39 is 0 Å². The summed E-state index contributed by atoms with van der Waals surface area (Å²) in [5, 5.41) is 0. The van der Waals surface area contributed by atoms with E-state index >= 15 is 0 Å². The zero-order valence-electron chi connectivity index (χ0n) is 11.9. The van der Waals surface area contributed by atoms with Crippen LogP contribution in [0.1, 0.15) is 24.5 Å². The molecule has 20 heavy (non-hydrogen) atoms. The van der Waals surface area contributed by atoms with Crippen LogP contribution in [0.5, 0.6) is 0 Å². The Balaban J connectivity index is 2.29. The molecule has 0 radical (unpaired) electrons. The minimum atomic E-state index is 0.801. The monoisotopic (exact) mass is 333 g/mol. The number of hydrogen-bond acceptors (Lipinski definition) is 3. The lowest BCUT2D eigenvalue weighted by molar-refractivity contribution is 0.752. The molecule has 0 saturated heterocycles. The highest BCUT2D eigenvalue weighted by atomic mass is 79.9. The van der Waals surface area contributed by atoms with Crippen molar-refractivity contribution in [3.63, 3.8) is 0 Å². The number of nitrogens with zero attached hydrogens (tertiary/aromatic N) is 2. The van der Waals surface area contributed by atoms with Gasteiger partial charge in [0.1, 0.15) is 5.82 Å². The molecule has 0 aliphatic rings. The van der Waals surface area contributed by atoms with Crippen molar-refractivity contribution in [1.82, 2.24) is 4.98 Å². The first-order valence-electron chi connectivity index (χ1n) is 6.82. The largest absolute Gasteiger partial charge is 0.399 e. The van der Waals surface area contributed by atoms with Gasteiger partial charge in [-0.2, -0.15) is 0 Å². The third-order valence-electron chi connectivity index (χ3n) is 3.18. The fourth-order valence-corrected chi connectivity index (χ4v) is 2.67. The Labute approximate surface area is 129 Å². The molecule has 0 saturated carbocycles. The molecule has 0 aliphatic heterocycles. The molecular weight excluding hydrogens is 314 g/mol. The van der Waals surface area contributed by atoms with E-state index in [1.165, 1.54) is 11.1 Å². The number of aryl methyl sites for hydroxylation is 1. The van der Waals surface area contributed by atoms with Crippen LogP contribution < -0.4 is 10.6 Å². The second-order valence-corrected chi connectivity index (χ2v) is 5.73. The van der Waals surface area contributed by atoms with Crippen LogP contribution >= 0.6 is 15.9 Å². The number of halogens is 1. The van der Waals surface area contributed by atoms with Gasteiger partial charge in [0.15, 0.2) is 0 Å². The molecule has 4 heteroatoms. The van der Waals surface area contributed by atoms with Gasteiger partial charge in [-0.3, -0.25) is 0 Å². The minimum Gasteiger partial charge on any atom is -0.399 e. The van der Waals surface area contributed by atoms with Gasteiger partial charge in [0.05, 0.1) is 4.47 Å². The molecule has 0 amide bonds. The number of nitrogens with two attached hydrogens (primary N) is 1. The lowest BCUT2D eigenvalue weighted by atomic mass is 10.2. The number of benzene rings is 1. The molecule has 1 heterocycles. The van der Waals surface area contributed by atoms with Gasteiger partial charge < -0.3 is 10.6 Å². The Kier molecular flexibility index (Phi) is 5.01. The van der Waals surface area contributed by atoms with Gasteiger partial charge in [0.25, 0.3) is 0 Å². The maximum atomic E-state index is 5.86. The van der Waals surface area contributed by atoms with E-state index in [-0.39, 0.29) is 0 Å². The van der Waals surface area contributed by atoms with Crippen molar-refractivity contribution >= 4 is 27.4 Å². The molecule has 0 atom stereocenters. The Morgan fingerprint density at radius 2 is 2.10 bits per heavy atom. The van der Waals surface area contributed by atoms with Gasteiger partial charge in [0.2, 0.25) is 0 Å². The summed E-state index contributed by atoms with van der Waals surface area (Å²) < 4.78 is 1.07. The van der Waals surface area contributed by atoms with Gasteiger partial charge in [-0.1, -0.05) is 19.1 Å². The first-order valence-corrected chi connectivity index (χ1v) is 7.61. The van der Waals surface area contributed by atoms with Gasteiger partial charge in [-0.15, -0.1) is 0 Å². The highest BCUT2D eigenvalue weighted by Gasteiger charge is 2.13. The smallest absolute Gasteiger partial charge is 0.143 e. The molecular formula is C16H20BrN3. The summed E-state index contributed by atoms with van der Waals surface area (Å²) in [5.41, 5.74) is 9.06. The summed E-state index contributed by atoms with van der Waals surface area (Å²) in [4.78, 5) is 6.81. The Morgan fingerprint density at radius 1 is 1.30 bits per heavy atom. The van der Waals surface area contributed by atoms with E-state index in [1.54, 1.807) is 0 Å². The summed E-state index contributed by atoms with van der Waals surface area (Å²) in [7, 11) is 0. The topological polar surface area (TPSA) is 42.1 Å².